The number of H-pyrrole nitrogens is 1. The molecular weight excluding hydrogens is 408 g/mol. The number of hydrogen-bond donors (Lipinski definition) is 3. The van der Waals surface area contributed by atoms with E-state index in [0.29, 0.717) is 12.3 Å². The first-order valence-corrected chi connectivity index (χ1v) is 12.2. The molecule has 2 fully saturated rings. The summed E-state index contributed by atoms with van der Waals surface area (Å²) >= 11 is 7.33. The lowest BCUT2D eigenvalue weighted by molar-refractivity contribution is -0.106. The van der Waals surface area contributed by atoms with E-state index in [1.165, 1.54) is 16.7 Å². The van der Waals surface area contributed by atoms with Gasteiger partial charge in [0, 0.05) is 11.3 Å². The second kappa shape index (κ2) is 6.69. The SMILES string of the molecule is CC12CCC3(Cl)C=C4CC(O)CCC4CC[C@]3(O)C1CC=C2c1ccc2cn[nH]c2c1. The summed E-state index contributed by atoms with van der Waals surface area (Å²) in [6, 6.07) is 6.51. The third-order valence-corrected chi connectivity index (χ3v) is 9.76. The van der Waals surface area contributed by atoms with Gasteiger partial charge >= 0.3 is 0 Å². The third kappa shape index (κ3) is 2.77. The lowest BCUT2D eigenvalue weighted by atomic mass is 9.54. The number of allylic oxidation sites excluding steroid dienone is 2. The van der Waals surface area contributed by atoms with Gasteiger partial charge in [0.15, 0.2) is 0 Å². The van der Waals surface area contributed by atoms with Crippen LogP contribution in [-0.2, 0) is 0 Å². The van der Waals surface area contributed by atoms with Crippen LogP contribution in [0.3, 0.4) is 0 Å². The van der Waals surface area contributed by atoms with Crippen LogP contribution in [0.1, 0.15) is 63.9 Å². The van der Waals surface area contributed by atoms with Crippen LogP contribution in [-0.4, -0.2) is 37.0 Å². The zero-order valence-electron chi connectivity index (χ0n) is 18.1. The van der Waals surface area contributed by atoms with Gasteiger partial charge in [0.05, 0.1) is 28.3 Å². The topological polar surface area (TPSA) is 69.1 Å². The lowest BCUT2D eigenvalue weighted by Crippen LogP contribution is -2.61. The highest BCUT2D eigenvalue weighted by atomic mass is 35.5. The average molecular weight is 439 g/mol. The summed E-state index contributed by atoms with van der Waals surface area (Å²) in [5.41, 5.74) is 3.85. The van der Waals surface area contributed by atoms with Gasteiger partial charge in [-0.15, -0.1) is 11.6 Å². The van der Waals surface area contributed by atoms with Crippen LogP contribution in [0.5, 0.6) is 0 Å². The van der Waals surface area contributed by atoms with E-state index in [1.807, 2.05) is 6.20 Å². The maximum absolute atomic E-state index is 12.3. The van der Waals surface area contributed by atoms with Crippen molar-refractivity contribution in [2.75, 3.05) is 0 Å². The molecule has 0 spiro atoms. The molecule has 5 unspecified atom stereocenters. The Morgan fingerprint density at radius 1 is 1.16 bits per heavy atom. The van der Waals surface area contributed by atoms with Gasteiger partial charge in [0.1, 0.15) is 0 Å². The Kier molecular flexibility index (Phi) is 4.32. The Hall–Kier alpha value is -1.62. The van der Waals surface area contributed by atoms with Crippen LogP contribution >= 0.6 is 11.6 Å². The van der Waals surface area contributed by atoms with Gasteiger partial charge in [-0.3, -0.25) is 5.10 Å². The van der Waals surface area contributed by atoms with E-state index in [2.05, 4.69) is 47.5 Å². The second-order valence-electron chi connectivity index (χ2n) is 10.7. The zero-order chi connectivity index (χ0) is 21.4. The van der Waals surface area contributed by atoms with Crippen LogP contribution in [0, 0.1) is 17.3 Å². The van der Waals surface area contributed by atoms with Crippen molar-refractivity contribution >= 4 is 28.1 Å². The minimum absolute atomic E-state index is 0.0978. The molecule has 2 aromatic rings. The monoisotopic (exact) mass is 438 g/mol. The molecule has 4 aliphatic carbocycles. The molecule has 3 N–H and O–H groups in total. The highest BCUT2D eigenvalue weighted by Crippen LogP contribution is 2.65. The third-order valence-electron chi connectivity index (χ3n) is 9.13. The van der Waals surface area contributed by atoms with Crippen LogP contribution in [0.2, 0.25) is 0 Å². The molecule has 1 aromatic carbocycles. The molecule has 0 bridgehead atoms. The molecular formula is C26H31ClN2O2. The normalized spacial score (nSPS) is 42.3. The molecule has 0 aliphatic heterocycles. The van der Waals surface area contributed by atoms with Crippen molar-refractivity contribution in [3.05, 3.63) is 47.7 Å². The fourth-order valence-electron chi connectivity index (χ4n) is 7.34. The van der Waals surface area contributed by atoms with E-state index in [1.54, 1.807) is 0 Å². The predicted octanol–water partition coefficient (Wildman–Crippen LogP) is 5.36. The van der Waals surface area contributed by atoms with Crippen LogP contribution < -0.4 is 0 Å². The van der Waals surface area contributed by atoms with E-state index in [-0.39, 0.29) is 17.4 Å². The Morgan fingerprint density at radius 3 is 2.90 bits per heavy atom. The van der Waals surface area contributed by atoms with E-state index in [4.69, 9.17) is 11.6 Å². The smallest absolute Gasteiger partial charge is 0.0918 e. The molecule has 31 heavy (non-hydrogen) atoms. The van der Waals surface area contributed by atoms with Crippen LogP contribution in [0.4, 0.5) is 0 Å². The number of hydrogen-bond acceptors (Lipinski definition) is 3. The first kappa shape index (κ1) is 20.0. The lowest BCUT2D eigenvalue weighted by Gasteiger charge is -2.56. The maximum Gasteiger partial charge on any atom is 0.0918 e. The molecule has 1 heterocycles. The number of aliphatic hydroxyl groups is 2. The number of aliphatic hydroxyl groups excluding tert-OH is 1. The summed E-state index contributed by atoms with van der Waals surface area (Å²) in [5, 5.41) is 30.9. The fourth-order valence-corrected chi connectivity index (χ4v) is 7.80. The standard InChI is InChI=1S/C26H31ClN2O2/c1-24-10-11-25(27)14-19-12-20(30)5-4-16(19)8-9-26(25,31)23(24)7-6-21(24)17-2-3-18-15-28-29-22(18)13-17/h2-3,6,13-16,20,23,30-31H,4-5,7-12H2,1H3,(H,28,29)/t16?,20?,23?,24?,25?,26-/m0/s1. The van der Waals surface area contributed by atoms with E-state index in [9.17, 15) is 10.2 Å². The molecule has 6 rings (SSSR count). The molecule has 4 nitrogen and oxygen atoms in total. The van der Waals surface area contributed by atoms with Gasteiger partial charge in [-0.25, -0.2) is 0 Å². The number of benzene rings is 1. The van der Waals surface area contributed by atoms with Gasteiger partial charge in [-0.1, -0.05) is 36.8 Å². The van der Waals surface area contributed by atoms with Gasteiger partial charge in [0.2, 0.25) is 0 Å². The summed E-state index contributed by atoms with van der Waals surface area (Å²) in [6.45, 7) is 2.33. The number of alkyl halides is 1. The number of fused-ring (bicyclic) bond motifs is 5. The Labute approximate surface area is 188 Å². The number of aromatic amines is 1. The van der Waals surface area contributed by atoms with Crippen molar-refractivity contribution < 1.29 is 10.2 Å². The molecule has 1 aromatic heterocycles. The number of nitrogens with one attached hydrogen (secondary N) is 1. The minimum atomic E-state index is -0.937. The molecule has 0 saturated heterocycles. The van der Waals surface area contributed by atoms with E-state index in [0.717, 1.165) is 55.8 Å². The highest BCUT2D eigenvalue weighted by Gasteiger charge is 2.64. The van der Waals surface area contributed by atoms with Gasteiger partial charge in [0.25, 0.3) is 0 Å². The summed E-state index contributed by atoms with van der Waals surface area (Å²) < 4.78 is 0. The largest absolute Gasteiger partial charge is 0.393 e. The molecule has 0 amide bonds. The molecule has 5 heteroatoms. The quantitative estimate of drug-likeness (QED) is 0.415. The fraction of sp³-hybridized carbons (Fsp3) is 0.577. The van der Waals surface area contributed by atoms with Gasteiger partial charge in [-0.05, 0) is 79.9 Å². The van der Waals surface area contributed by atoms with Crippen LogP contribution in [0.15, 0.2) is 42.1 Å². The summed E-state index contributed by atoms with van der Waals surface area (Å²) in [5.74, 6) is 0.553. The summed E-state index contributed by atoms with van der Waals surface area (Å²) in [6.07, 6.45) is 13.0. The number of aromatic nitrogens is 2. The first-order chi connectivity index (χ1) is 14.8. The van der Waals surface area contributed by atoms with Crippen molar-refractivity contribution in [2.24, 2.45) is 17.3 Å². The van der Waals surface area contributed by atoms with Crippen molar-refractivity contribution in [1.82, 2.24) is 10.2 Å². The predicted molar refractivity (Wildman–Crippen MR) is 124 cm³/mol. The molecule has 164 valence electrons. The van der Waals surface area contributed by atoms with Crippen molar-refractivity contribution in [3.63, 3.8) is 0 Å². The van der Waals surface area contributed by atoms with Crippen molar-refractivity contribution in [2.45, 2.75) is 74.9 Å². The molecule has 4 aliphatic rings. The Bertz CT molecular complexity index is 1110. The number of rotatable bonds is 1. The van der Waals surface area contributed by atoms with E-state index >= 15 is 0 Å². The van der Waals surface area contributed by atoms with Gasteiger partial charge < -0.3 is 10.2 Å². The second-order valence-corrected chi connectivity index (χ2v) is 11.3. The highest BCUT2D eigenvalue weighted by molar-refractivity contribution is 6.26. The maximum atomic E-state index is 12.3. The number of nitrogens with zero attached hydrogens (tertiary/aromatic N) is 1. The summed E-state index contributed by atoms with van der Waals surface area (Å²) in [4.78, 5) is -0.741. The molecule has 2 saturated carbocycles. The zero-order valence-corrected chi connectivity index (χ0v) is 18.8. The minimum Gasteiger partial charge on any atom is -0.393 e. The Morgan fingerprint density at radius 2 is 2.03 bits per heavy atom. The van der Waals surface area contributed by atoms with Crippen molar-refractivity contribution in [3.8, 4) is 0 Å². The molecule has 0 radical (unpaired) electrons. The van der Waals surface area contributed by atoms with Crippen molar-refractivity contribution in [1.29, 1.82) is 0 Å². The number of halogens is 1. The van der Waals surface area contributed by atoms with Gasteiger partial charge in [-0.2, -0.15) is 5.10 Å². The average Bonchev–Trinajstić information content (AvgIpc) is 3.32. The van der Waals surface area contributed by atoms with E-state index < -0.39 is 10.5 Å². The molecule has 6 atom stereocenters. The summed E-state index contributed by atoms with van der Waals surface area (Å²) in [7, 11) is 0. The van der Waals surface area contributed by atoms with Crippen LogP contribution in [0.25, 0.3) is 16.5 Å². The first-order valence-electron chi connectivity index (χ1n) is 11.8. The Balaban J connectivity index is 1.38.